The third-order valence-electron chi connectivity index (χ3n) is 3.98. The molecule has 0 unspecified atom stereocenters. The molecule has 0 radical (unpaired) electrons. The summed E-state index contributed by atoms with van der Waals surface area (Å²) < 4.78 is 1.16. The van der Waals surface area contributed by atoms with Gasteiger partial charge in [-0.1, -0.05) is 12.1 Å². The Morgan fingerprint density at radius 2 is 2.18 bits per heavy atom. The number of likely N-dealkylation sites (tertiary alicyclic amines) is 1. The molecular weight excluding hydrogens is 300 g/mol. The fourth-order valence-corrected chi connectivity index (χ4v) is 3.89. The van der Waals surface area contributed by atoms with Gasteiger partial charge in [0, 0.05) is 13.0 Å². The standard InChI is InChI=1S/C16H18N2O3S/c19-15(18-10-4-6-12(18)16(20)21)9-3-8-14-17-11-5-1-2-7-13(11)22-14/h1-2,5,7,12H,3-4,6,8-10H2,(H,20,21)/t12-/m0/s1. The van der Waals surface area contributed by atoms with Gasteiger partial charge in [0.25, 0.3) is 0 Å². The number of nitrogens with zero attached hydrogens (tertiary/aromatic N) is 2. The van der Waals surface area contributed by atoms with Gasteiger partial charge in [0.1, 0.15) is 6.04 Å². The quantitative estimate of drug-likeness (QED) is 0.920. The Hall–Kier alpha value is -1.95. The number of carbonyl (C=O) groups excluding carboxylic acids is 1. The van der Waals surface area contributed by atoms with Crippen molar-refractivity contribution in [3.63, 3.8) is 0 Å². The first-order valence-electron chi connectivity index (χ1n) is 7.52. The van der Waals surface area contributed by atoms with Crippen molar-refractivity contribution in [1.82, 2.24) is 9.88 Å². The summed E-state index contributed by atoms with van der Waals surface area (Å²) in [7, 11) is 0. The molecule has 0 saturated carbocycles. The van der Waals surface area contributed by atoms with Gasteiger partial charge in [0.05, 0.1) is 15.2 Å². The second kappa shape index (κ2) is 6.44. The minimum absolute atomic E-state index is 0.0500. The van der Waals surface area contributed by atoms with Crippen molar-refractivity contribution in [2.45, 2.75) is 38.1 Å². The summed E-state index contributed by atoms with van der Waals surface area (Å²) in [6.45, 7) is 0.566. The topological polar surface area (TPSA) is 70.5 Å². The number of rotatable bonds is 5. The number of para-hydroxylation sites is 1. The van der Waals surface area contributed by atoms with Crippen molar-refractivity contribution in [2.24, 2.45) is 0 Å². The Bertz CT molecular complexity index is 665. The molecule has 1 aromatic carbocycles. The van der Waals surface area contributed by atoms with Crippen LogP contribution in [0.3, 0.4) is 0 Å². The number of aromatic nitrogens is 1. The molecule has 2 aromatic rings. The Labute approximate surface area is 132 Å². The lowest BCUT2D eigenvalue weighted by Gasteiger charge is -2.21. The van der Waals surface area contributed by atoms with Gasteiger partial charge in [0.2, 0.25) is 5.91 Å². The van der Waals surface area contributed by atoms with Crippen molar-refractivity contribution >= 4 is 33.4 Å². The van der Waals surface area contributed by atoms with Crippen LogP contribution in [0.25, 0.3) is 10.2 Å². The zero-order valence-corrected chi connectivity index (χ0v) is 13.0. The highest BCUT2D eigenvalue weighted by molar-refractivity contribution is 7.18. The fraction of sp³-hybridized carbons (Fsp3) is 0.438. The van der Waals surface area contributed by atoms with E-state index in [-0.39, 0.29) is 5.91 Å². The number of carbonyl (C=O) groups is 2. The largest absolute Gasteiger partial charge is 0.480 e. The van der Waals surface area contributed by atoms with Gasteiger partial charge in [-0.25, -0.2) is 9.78 Å². The zero-order valence-electron chi connectivity index (χ0n) is 12.2. The number of aliphatic carboxylic acids is 1. The summed E-state index contributed by atoms with van der Waals surface area (Å²) in [5.41, 5.74) is 0.999. The molecular formula is C16H18N2O3S. The summed E-state index contributed by atoms with van der Waals surface area (Å²) in [4.78, 5) is 29.3. The van der Waals surface area contributed by atoms with Crippen molar-refractivity contribution in [1.29, 1.82) is 0 Å². The van der Waals surface area contributed by atoms with Crippen LogP contribution in [-0.4, -0.2) is 39.5 Å². The predicted molar refractivity (Wildman–Crippen MR) is 84.9 cm³/mol. The molecule has 1 atom stereocenters. The maximum absolute atomic E-state index is 12.2. The van der Waals surface area contributed by atoms with Crippen LogP contribution in [0.1, 0.15) is 30.7 Å². The minimum atomic E-state index is -0.892. The monoisotopic (exact) mass is 318 g/mol. The molecule has 2 heterocycles. The Balaban J connectivity index is 1.54. The van der Waals surface area contributed by atoms with E-state index in [1.807, 2.05) is 24.3 Å². The Morgan fingerprint density at radius 1 is 1.36 bits per heavy atom. The second-order valence-electron chi connectivity index (χ2n) is 5.51. The van der Waals surface area contributed by atoms with Crippen molar-refractivity contribution in [2.75, 3.05) is 6.54 Å². The van der Waals surface area contributed by atoms with Crippen molar-refractivity contribution < 1.29 is 14.7 Å². The van der Waals surface area contributed by atoms with Gasteiger partial charge in [-0.15, -0.1) is 11.3 Å². The lowest BCUT2D eigenvalue weighted by atomic mass is 10.2. The fourth-order valence-electron chi connectivity index (χ4n) is 2.88. The number of hydrogen-bond donors (Lipinski definition) is 1. The normalized spacial score (nSPS) is 18.0. The Morgan fingerprint density at radius 3 is 2.95 bits per heavy atom. The van der Waals surface area contributed by atoms with Crippen LogP contribution in [0.15, 0.2) is 24.3 Å². The molecule has 1 fully saturated rings. The van der Waals surface area contributed by atoms with Crippen LogP contribution in [0, 0.1) is 0 Å². The summed E-state index contributed by atoms with van der Waals surface area (Å²) in [5.74, 6) is -0.942. The van der Waals surface area contributed by atoms with Gasteiger partial charge < -0.3 is 10.0 Å². The first-order valence-corrected chi connectivity index (χ1v) is 8.33. The highest BCUT2D eigenvalue weighted by atomic mass is 32.1. The van der Waals surface area contributed by atoms with E-state index in [1.54, 1.807) is 11.3 Å². The van der Waals surface area contributed by atoms with Gasteiger partial charge in [0.15, 0.2) is 0 Å². The van der Waals surface area contributed by atoms with E-state index in [0.717, 1.165) is 28.1 Å². The number of aryl methyl sites for hydroxylation is 1. The van der Waals surface area contributed by atoms with E-state index < -0.39 is 12.0 Å². The molecule has 0 spiro atoms. The molecule has 1 N–H and O–H groups in total. The van der Waals surface area contributed by atoms with E-state index >= 15 is 0 Å². The number of carboxylic acids is 1. The van der Waals surface area contributed by atoms with E-state index in [4.69, 9.17) is 5.11 Å². The summed E-state index contributed by atoms with van der Waals surface area (Å²) in [6.07, 6.45) is 3.21. The molecule has 1 aromatic heterocycles. The highest BCUT2D eigenvalue weighted by Crippen LogP contribution is 2.23. The SMILES string of the molecule is O=C(O)[C@@H]1CCCN1C(=O)CCCc1nc2ccccc2s1. The zero-order chi connectivity index (χ0) is 15.5. The molecule has 22 heavy (non-hydrogen) atoms. The lowest BCUT2D eigenvalue weighted by molar-refractivity contribution is -0.148. The van der Waals surface area contributed by atoms with Crippen LogP contribution in [-0.2, 0) is 16.0 Å². The maximum atomic E-state index is 12.2. The minimum Gasteiger partial charge on any atom is -0.480 e. The number of fused-ring (bicyclic) bond motifs is 1. The number of hydrogen-bond acceptors (Lipinski definition) is 4. The molecule has 0 bridgehead atoms. The number of carboxylic acid groups (broad SMARTS) is 1. The summed E-state index contributed by atoms with van der Waals surface area (Å²) in [5, 5.41) is 10.1. The van der Waals surface area contributed by atoms with Crippen LogP contribution < -0.4 is 0 Å². The molecule has 1 aliphatic rings. The van der Waals surface area contributed by atoms with Gasteiger partial charge in [-0.2, -0.15) is 0 Å². The second-order valence-corrected chi connectivity index (χ2v) is 6.63. The molecule has 1 saturated heterocycles. The van der Waals surface area contributed by atoms with Crippen LogP contribution in [0.5, 0.6) is 0 Å². The van der Waals surface area contributed by atoms with E-state index in [2.05, 4.69) is 4.98 Å². The first-order chi connectivity index (χ1) is 10.6. The van der Waals surface area contributed by atoms with Crippen LogP contribution in [0.4, 0.5) is 0 Å². The predicted octanol–water partition coefficient (Wildman–Crippen LogP) is 2.69. The lowest BCUT2D eigenvalue weighted by Crippen LogP contribution is -2.40. The van der Waals surface area contributed by atoms with E-state index in [1.165, 1.54) is 4.90 Å². The Kier molecular flexibility index (Phi) is 4.38. The molecule has 6 heteroatoms. The molecule has 5 nitrogen and oxygen atoms in total. The van der Waals surface area contributed by atoms with Crippen molar-refractivity contribution in [3.8, 4) is 0 Å². The average molecular weight is 318 g/mol. The van der Waals surface area contributed by atoms with E-state index in [0.29, 0.717) is 25.8 Å². The molecule has 1 amide bonds. The van der Waals surface area contributed by atoms with Crippen LogP contribution >= 0.6 is 11.3 Å². The molecule has 3 rings (SSSR count). The third kappa shape index (κ3) is 3.11. The molecule has 116 valence electrons. The smallest absolute Gasteiger partial charge is 0.326 e. The van der Waals surface area contributed by atoms with Crippen molar-refractivity contribution in [3.05, 3.63) is 29.3 Å². The number of amides is 1. The molecule has 0 aliphatic carbocycles. The maximum Gasteiger partial charge on any atom is 0.326 e. The number of thiazole rings is 1. The van der Waals surface area contributed by atoms with Crippen LogP contribution in [0.2, 0.25) is 0 Å². The van der Waals surface area contributed by atoms with Gasteiger partial charge >= 0.3 is 5.97 Å². The summed E-state index contributed by atoms with van der Waals surface area (Å²) >= 11 is 1.66. The summed E-state index contributed by atoms with van der Waals surface area (Å²) in [6, 6.07) is 7.36. The van der Waals surface area contributed by atoms with E-state index in [9.17, 15) is 9.59 Å². The van der Waals surface area contributed by atoms with Gasteiger partial charge in [-0.3, -0.25) is 4.79 Å². The highest BCUT2D eigenvalue weighted by Gasteiger charge is 2.33. The number of benzene rings is 1. The van der Waals surface area contributed by atoms with Gasteiger partial charge in [-0.05, 0) is 37.8 Å². The third-order valence-corrected chi connectivity index (χ3v) is 5.07. The first kappa shape index (κ1) is 15.0. The average Bonchev–Trinajstić information content (AvgIpc) is 3.13. The molecule has 1 aliphatic heterocycles.